The summed E-state index contributed by atoms with van der Waals surface area (Å²) in [6.45, 7) is 1.83. The highest BCUT2D eigenvalue weighted by Crippen LogP contribution is 2.23. The second kappa shape index (κ2) is 6.56. The zero-order valence-electron chi connectivity index (χ0n) is 10.7. The van der Waals surface area contributed by atoms with Crippen molar-refractivity contribution in [3.8, 4) is 5.75 Å². The number of ketones is 1. The molecule has 0 amide bonds. The van der Waals surface area contributed by atoms with E-state index >= 15 is 0 Å². The van der Waals surface area contributed by atoms with Gasteiger partial charge in [0.15, 0.2) is 5.78 Å². The van der Waals surface area contributed by atoms with E-state index in [1.54, 1.807) is 0 Å². The van der Waals surface area contributed by atoms with Gasteiger partial charge in [-0.15, -0.1) is 13.2 Å². The molecule has 1 aromatic carbocycles. The summed E-state index contributed by atoms with van der Waals surface area (Å²) < 4.78 is 44.6. The lowest BCUT2D eigenvalue weighted by atomic mass is 10.0. The van der Waals surface area contributed by atoms with Gasteiger partial charge in [-0.25, -0.2) is 0 Å². The minimum atomic E-state index is -4.71. The Morgan fingerprint density at radius 2 is 1.84 bits per heavy atom. The van der Waals surface area contributed by atoms with Crippen LogP contribution in [-0.2, 0) is 16.0 Å². The number of hydrogen-bond acceptors (Lipinski definition) is 3. The van der Waals surface area contributed by atoms with Gasteiger partial charge in [-0.3, -0.25) is 4.79 Å². The molecule has 106 valence electrons. The van der Waals surface area contributed by atoms with E-state index in [9.17, 15) is 18.0 Å². The molecule has 0 fully saturated rings. The zero-order valence-corrected chi connectivity index (χ0v) is 10.7. The largest absolute Gasteiger partial charge is 0.573 e. The van der Waals surface area contributed by atoms with Crippen LogP contribution in [-0.4, -0.2) is 25.4 Å². The normalized spacial score (nSPS) is 13.1. The van der Waals surface area contributed by atoms with Gasteiger partial charge in [-0.2, -0.15) is 0 Å². The maximum absolute atomic E-state index is 12.0. The summed E-state index contributed by atoms with van der Waals surface area (Å²) in [5, 5.41) is 0. The highest BCUT2D eigenvalue weighted by molar-refractivity contribution is 5.85. The zero-order chi connectivity index (χ0) is 14.5. The van der Waals surface area contributed by atoms with Crippen molar-refractivity contribution in [2.75, 3.05) is 7.11 Å². The fraction of sp³-hybridized carbons (Fsp3) is 0.462. The van der Waals surface area contributed by atoms with E-state index in [2.05, 4.69) is 4.74 Å². The van der Waals surface area contributed by atoms with Gasteiger partial charge in [0.25, 0.3) is 0 Å². The highest BCUT2D eigenvalue weighted by atomic mass is 19.4. The number of methoxy groups -OCH3 is 1. The van der Waals surface area contributed by atoms with Crippen molar-refractivity contribution >= 4 is 5.78 Å². The van der Waals surface area contributed by atoms with Gasteiger partial charge in [-0.05, 0) is 24.1 Å². The number of carbonyl (C=O) groups is 1. The Labute approximate surface area is 109 Å². The smallest absolute Gasteiger partial charge is 0.406 e. The molecular weight excluding hydrogens is 261 g/mol. The Morgan fingerprint density at radius 3 is 2.26 bits per heavy atom. The molecule has 0 radical (unpaired) electrons. The van der Waals surface area contributed by atoms with Crippen LogP contribution in [0.2, 0.25) is 0 Å². The van der Waals surface area contributed by atoms with Crippen LogP contribution in [0.3, 0.4) is 0 Å². The molecule has 19 heavy (non-hydrogen) atoms. The van der Waals surface area contributed by atoms with Gasteiger partial charge in [0.1, 0.15) is 11.9 Å². The van der Waals surface area contributed by atoms with Gasteiger partial charge in [0.05, 0.1) is 0 Å². The summed E-state index contributed by atoms with van der Waals surface area (Å²) in [6, 6.07) is 5.23. The highest BCUT2D eigenvalue weighted by Gasteiger charge is 2.31. The Hall–Kier alpha value is -1.56. The van der Waals surface area contributed by atoms with Crippen LogP contribution in [0.5, 0.6) is 5.75 Å². The van der Waals surface area contributed by atoms with Crippen LogP contribution in [0, 0.1) is 0 Å². The van der Waals surface area contributed by atoms with Crippen LogP contribution >= 0.6 is 0 Å². The molecule has 0 bridgehead atoms. The van der Waals surface area contributed by atoms with Crippen molar-refractivity contribution in [2.24, 2.45) is 0 Å². The van der Waals surface area contributed by atoms with Crippen LogP contribution in [0.25, 0.3) is 0 Å². The summed E-state index contributed by atoms with van der Waals surface area (Å²) in [6.07, 6.45) is -4.50. The van der Waals surface area contributed by atoms with Gasteiger partial charge >= 0.3 is 6.36 Å². The number of Topliss-reactive ketones (excluding diaryl/α,β-unsaturated/α-hetero) is 1. The molecule has 0 saturated heterocycles. The number of halogens is 3. The van der Waals surface area contributed by atoms with Gasteiger partial charge < -0.3 is 9.47 Å². The third kappa shape index (κ3) is 5.30. The molecule has 1 atom stereocenters. The summed E-state index contributed by atoms with van der Waals surface area (Å²) in [5.74, 6) is -0.406. The molecule has 0 aliphatic rings. The number of carbonyl (C=O) groups excluding carboxylic acids is 1. The fourth-order valence-electron chi connectivity index (χ4n) is 1.65. The van der Waals surface area contributed by atoms with Crippen molar-refractivity contribution in [2.45, 2.75) is 32.2 Å². The molecule has 1 unspecified atom stereocenters. The second-order valence-corrected chi connectivity index (χ2v) is 3.97. The van der Waals surface area contributed by atoms with E-state index in [0.717, 1.165) is 0 Å². The Kier molecular flexibility index (Phi) is 5.35. The van der Waals surface area contributed by atoms with Gasteiger partial charge in [-0.1, -0.05) is 19.1 Å². The van der Waals surface area contributed by atoms with E-state index in [-0.39, 0.29) is 18.0 Å². The molecule has 0 aliphatic heterocycles. The standard InChI is InChI=1S/C13H15F3O3/c1-3-12(18-2)11(17)8-9-4-6-10(7-5-9)19-13(14,15)16/h4-7,12H,3,8H2,1-2H3. The fourth-order valence-corrected chi connectivity index (χ4v) is 1.65. The monoisotopic (exact) mass is 276 g/mol. The van der Waals surface area contributed by atoms with Crippen molar-refractivity contribution in [1.29, 1.82) is 0 Å². The SMILES string of the molecule is CCC(OC)C(=O)Cc1ccc(OC(F)(F)F)cc1. The number of ether oxygens (including phenoxy) is 2. The minimum Gasteiger partial charge on any atom is -0.406 e. The predicted octanol–water partition coefficient (Wildman–Crippen LogP) is 3.12. The second-order valence-electron chi connectivity index (χ2n) is 3.97. The van der Waals surface area contributed by atoms with E-state index < -0.39 is 12.5 Å². The Bertz CT molecular complexity index is 408. The molecule has 3 nitrogen and oxygen atoms in total. The first kappa shape index (κ1) is 15.5. The van der Waals surface area contributed by atoms with Crippen LogP contribution in [0.15, 0.2) is 24.3 Å². The number of benzene rings is 1. The summed E-state index contributed by atoms with van der Waals surface area (Å²) >= 11 is 0. The molecule has 0 aliphatic carbocycles. The maximum Gasteiger partial charge on any atom is 0.573 e. The quantitative estimate of drug-likeness (QED) is 0.800. The first-order valence-electron chi connectivity index (χ1n) is 5.76. The first-order valence-corrected chi connectivity index (χ1v) is 5.76. The van der Waals surface area contributed by atoms with Gasteiger partial charge in [0.2, 0.25) is 0 Å². The average molecular weight is 276 g/mol. The van der Waals surface area contributed by atoms with E-state index in [0.29, 0.717) is 12.0 Å². The lowest BCUT2D eigenvalue weighted by Crippen LogP contribution is -2.23. The summed E-state index contributed by atoms with van der Waals surface area (Å²) in [5.41, 5.74) is 0.620. The van der Waals surface area contributed by atoms with E-state index in [1.165, 1.54) is 31.4 Å². The minimum absolute atomic E-state index is 0.102. The molecule has 0 spiro atoms. The van der Waals surface area contributed by atoms with Crippen molar-refractivity contribution < 1.29 is 27.4 Å². The number of rotatable bonds is 6. The third-order valence-electron chi connectivity index (χ3n) is 2.55. The summed E-state index contributed by atoms with van der Waals surface area (Å²) in [4.78, 5) is 11.8. The maximum atomic E-state index is 12.0. The lowest BCUT2D eigenvalue weighted by Gasteiger charge is -2.12. The predicted molar refractivity (Wildman–Crippen MR) is 62.9 cm³/mol. The number of hydrogen-bond donors (Lipinski definition) is 0. The average Bonchev–Trinajstić information content (AvgIpc) is 2.31. The number of alkyl halides is 3. The summed E-state index contributed by atoms with van der Waals surface area (Å²) in [7, 11) is 1.45. The molecule has 0 saturated carbocycles. The topological polar surface area (TPSA) is 35.5 Å². The van der Waals surface area contributed by atoms with Crippen molar-refractivity contribution in [1.82, 2.24) is 0 Å². The molecule has 6 heteroatoms. The first-order chi connectivity index (χ1) is 8.85. The molecule has 0 heterocycles. The van der Waals surface area contributed by atoms with E-state index in [4.69, 9.17) is 4.74 Å². The van der Waals surface area contributed by atoms with Crippen LogP contribution < -0.4 is 4.74 Å². The molecule has 1 rings (SSSR count). The molecule has 0 aromatic heterocycles. The Balaban J connectivity index is 2.64. The molecule has 0 N–H and O–H groups in total. The van der Waals surface area contributed by atoms with Crippen molar-refractivity contribution in [3.05, 3.63) is 29.8 Å². The molecular formula is C13H15F3O3. The van der Waals surface area contributed by atoms with Crippen LogP contribution in [0.1, 0.15) is 18.9 Å². The van der Waals surface area contributed by atoms with E-state index in [1.807, 2.05) is 6.92 Å². The van der Waals surface area contributed by atoms with Gasteiger partial charge in [0, 0.05) is 13.5 Å². The lowest BCUT2D eigenvalue weighted by molar-refractivity contribution is -0.274. The third-order valence-corrected chi connectivity index (χ3v) is 2.55. The molecule has 1 aromatic rings. The Morgan fingerprint density at radius 1 is 1.26 bits per heavy atom. The van der Waals surface area contributed by atoms with Crippen molar-refractivity contribution in [3.63, 3.8) is 0 Å². The van der Waals surface area contributed by atoms with Crippen LogP contribution in [0.4, 0.5) is 13.2 Å².